The third kappa shape index (κ3) is 4.99. The van der Waals surface area contributed by atoms with Crippen LogP contribution in [0.3, 0.4) is 0 Å². The largest absolute Gasteiger partial charge is 0.395 e. The average molecular weight is 284 g/mol. The van der Waals surface area contributed by atoms with Crippen molar-refractivity contribution in [2.24, 2.45) is 11.3 Å². The molecule has 0 aromatic heterocycles. The molecule has 1 saturated carbocycles. The van der Waals surface area contributed by atoms with Gasteiger partial charge in [0.2, 0.25) is 0 Å². The zero-order valence-corrected chi connectivity index (χ0v) is 13.2. The van der Waals surface area contributed by atoms with E-state index in [0.717, 1.165) is 39.4 Å². The fraction of sp³-hybridized carbons (Fsp3) is 1.00. The fourth-order valence-electron chi connectivity index (χ4n) is 3.25. The van der Waals surface area contributed by atoms with Crippen molar-refractivity contribution < 1.29 is 9.84 Å². The molecule has 4 heteroatoms. The van der Waals surface area contributed by atoms with Gasteiger partial charge in [-0.05, 0) is 38.1 Å². The lowest BCUT2D eigenvalue weighted by molar-refractivity contribution is -0.0296. The smallest absolute Gasteiger partial charge is 0.0558 e. The minimum atomic E-state index is 0.241. The summed E-state index contributed by atoms with van der Waals surface area (Å²) in [6.07, 6.45) is 5.01. The number of hydrogen-bond acceptors (Lipinski definition) is 4. The minimum absolute atomic E-state index is 0.241. The van der Waals surface area contributed by atoms with E-state index in [-0.39, 0.29) is 12.0 Å². The molecule has 1 aliphatic carbocycles. The molecule has 2 fully saturated rings. The highest BCUT2D eigenvalue weighted by molar-refractivity contribution is 4.92. The van der Waals surface area contributed by atoms with E-state index in [1.807, 2.05) is 0 Å². The molecule has 1 saturated heterocycles. The van der Waals surface area contributed by atoms with Crippen molar-refractivity contribution >= 4 is 0 Å². The normalized spacial score (nSPS) is 27.4. The van der Waals surface area contributed by atoms with Crippen molar-refractivity contribution in [3.63, 3.8) is 0 Å². The third-order valence-corrected chi connectivity index (χ3v) is 4.45. The Kier molecular flexibility index (Phi) is 6.27. The monoisotopic (exact) mass is 284 g/mol. The van der Waals surface area contributed by atoms with Gasteiger partial charge in [0.25, 0.3) is 0 Å². The van der Waals surface area contributed by atoms with Crippen LogP contribution in [-0.4, -0.2) is 62.0 Å². The maximum absolute atomic E-state index is 9.29. The zero-order chi connectivity index (χ0) is 14.4. The summed E-state index contributed by atoms with van der Waals surface area (Å²) >= 11 is 0. The van der Waals surface area contributed by atoms with Gasteiger partial charge in [0.15, 0.2) is 0 Å². The quantitative estimate of drug-likeness (QED) is 0.673. The molecule has 0 radical (unpaired) electrons. The predicted molar refractivity (Wildman–Crippen MR) is 81.9 cm³/mol. The molecule has 2 N–H and O–H groups in total. The standard InChI is InChI=1S/C16H32N2O2/c1-14(2)10-17-11-16(6-3-9-20-13-16)12-18(7-8-19)15-4-5-15/h14-15,17,19H,3-13H2,1-2H3. The van der Waals surface area contributed by atoms with Crippen LogP contribution in [0.5, 0.6) is 0 Å². The van der Waals surface area contributed by atoms with Crippen LogP contribution in [0.15, 0.2) is 0 Å². The van der Waals surface area contributed by atoms with E-state index in [1.165, 1.54) is 25.7 Å². The first-order valence-corrected chi connectivity index (χ1v) is 8.28. The average Bonchev–Trinajstić information content (AvgIpc) is 3.23. The lowest BCUT2D eigenvalue weighted by Crippen LogP contribution is -2.50. The fourth-order valence-corrected chi connectivity index (χ4v) is 3.25. The molecule has 1 heterocycles. The van der Waals surface area contributed by atoms with Gasteiger partial charge < -0.3 is 15.2 Å². The summed E-state index contributed by atoms with van der Waals surface area (Å²) in [5, 5.41) is 12.9. The summed E-state index contributed by atoms with van der Waals surface area (Å²) in [7, 11) is 0. The second kappa shape index (κ2) is 7.74. The number of nitrogens with one attached hydrogen (secondary N) is 1. The molecular weight excluding hydrogens is 252 g/mol. The molecule has 0 bridgehead atoms. The van der Waals surface area contributed by atoms with Gasteiger partial charge in [-0.15, -0.1) is 0 Å². The summed E-state index contributed by atoms with van der Waals surface area (Å²) in [6, 6.07) is 0.714. The van der Waals surface area contributed by atoms with Gasteiger partial charge in [-0.2, -0.15) is 0 Å². The highest BCUT2D eigenvalue weighted by atomic mass is 16.5. The first-order valence-electron chi connectivity index (χ1n) is 8.28. The number of rotatable bonds is 9. The van der Waals surface area contributed by atoms with Gasteiger partial charge in [0, 0.05) is 37.7 Å². The van der Waals surface area contributed by atoms with Gasteiger partial charge in [-0.25, -0.2) is 0 Å². The van der Waals surface area contributed by atoms with E-state index in [9.17, 15) is 5.11 Å². The van der Waals surface area contributed by atoms with Crippen LogP contribution in [-0.2, 0) is 4.74 Å². The van der Waals surface area contributed by atoms with Crippen LogP contribution in [0.1, 0.15) is 39.5 Å². The molecule has 0 aromatic rings. The molecule has 4 nitrogen and oxygen atoms in total. The SMILES string of the molecule is CC(C)CNCC1(CN(CCO)C2CC2)CCCOC1. The lowest BCUT2D eigenvalue weighted by Gasteiger charge is -2.41. The molecule has 1 aliphatic heterocycles. The number of nitrogens with zero attached hydrogens (tertiary/aromatic N) is 1. The molecule has 0 spiro atoms. The predicted octanol–water partition coefficient (Wildman–Crippen LogP) is 1.49. The molecule has 0 amide bonds. The van der Waals surface area contributed by atoms with Crippen LogP contribution in [0.4, 0.5) is 0 Å². The Balaban J connectivity index is 1.90. The van der Waals surface area contributed by atoms with Crippen LogP contribution >= 0.6 is 0 Å². The maximum atomic E-state index is 9.29. The molecular formula is C16H32N2O2. The summed E-state index contributed by atoms with van der Waals surface area (Å²) in [4.78, 5) is 2.49. The summed E-state index contributed by atoms with van der Waals surface area (Å²) in [6.45, 7) is 10.6. The van der Waals surface area contributed by atoms with E-state index >= 15 is 0 Å². The number of aliphatic hydroxyl groups is 1. The number of ether oxygens (including phenoxy) is 1. The first-order chi connectivity index (χ1) is 9.65. The lowest BCUT2D eigenvalue weighted by atomic mass is 9.81. The van der Waals surface area contributed by atoms with Crippen molar-refractivity contribution in [2.75, 3.05) is 46.0 Å². The Labute approximate surface area is 123 Å². The molecule has 20 heavy (non-hydrogen) atoms. The van der Waals surface area contributed by atoms with E-state index in [0.29, 0.717) is 12.0 Å². The number of hydrogen-bond donors (Lipinski definition) is 2. The van der Waals surface area contributed by atoms with Crippen molar-refractivity contribution in [3.8, 4) is 0 Å². The van der Waals surface area contributed by atoms with Gasteiger partial charge in [0.1, 0.15) is 0 Å². The third-order valence-electron chi connectivity index (χ3n) is 4.45. The molecule has 2 aliphatic rings. The second-order valence-corrected chi connectivity index (χ2v) is 7.11. The van der Waals surface area contributed by atoms with Crippen LogP contribution in [0, 0.1) is 11.3 Å². The van der Waals surface area contributed by atoms with Gasteiger partial charge in [-0.1, -0.05) is 13.8 Å². The second-order valence-electron chi connectivity index (χ2n) is 7.11. The zero-order valence-electron chi connectivity index (χ0n) is 13.2. The van der Waals surface area contributed by atoms with Gasteiger partial charge >= 0.3 is 0 Å². The summed E-state index contributed by atoms with van der Waals surface area (Å²) in [5.74, 6) is 0.688. The highest BCUT2D eigenvalue weighted by Crippen LogP contribution is 2.34. The Bertz CT molecular complexity index is 274. The van der Waals surface area contributed by atoms with Crippen molar-refractivity contribution in [1.29, 1.82) is 0 Å². The van der Waals surface area contributed by atoms with Crippen LogP contribution in [0.2, 0.25) is 0 Å². The van der Waals surface area contributed by atoms with Crippen molar-refractivity contribution in [2.45, 2.75) is 45.6 Å². The van der Waals surface area contributed by atoms with E-state index < -0.39 is 0 Å². The van der Waals surface area contributed by atoms with Crippen molar-refractivity contribution in [3.05, 3.63) is 0 Å². The van der Waals surface area contributed by atoms with Crippen molar-refractivity contribution in [1.82, 2.24) is 10.2 Å². The topological polar surface area (TPSA) is 44.7 Å². The summed E-state index contributed by atoms with van der Waals surface area (Å²) in [5.41, 5.74) is 0.241. The van der Waals surface area contributed by atoms with E-state index in [4.69, 9.17) is 4.74 Å². The Hall–Kier alpha value is -0.160. The molecule has 1 atom stereocenters. The summed E-state index contributed by atoms with van der Waals surface area (Å²) < 4.78 is 5.79. The van der Waals surface area contributed by atoms with E-state index in [1.54, 1.807) is 0 Å². The Morgan fingerprint density at radius 2 is 2.20 bits per heavy atom. The molecule has 0 aromatic carbocycles. The maximum Gasteiger partial charge on any atom is 0.0558 e. The van der Waals surface area contributed by atoms with Gasteiger partial charge in [0.05, 0.1) is 13.2 Å². The highest BCUT2D eigenvalue weighted by Gasteiger charge is 2.38. The van der Waals surface area contributed by atoms with Crippen LogP contribution in [0.25, 0.3) is 0 Å². The molecule has 2 rings (SSSR count). The minimum Gasteiger partial charge on any atom is -0.395 e. The Morgan fingerprint density at radius 3 is 2.75 bits per heavy atom. The molecule has 1 unspecified atom stereocenters. The number of aliphatic hydroxyl groups excluding tert-OH is 1. The Morgan fingerprint density at radius 1 is 1.40 bits per heavy atom. The van der Waals surface area contributed by atoms with Gasteiger partial charge in [-0.3, -0.25) is 4.90 Å². The first kappa shape index (κ1) is 16.2. The van der Waals surface area contributed by atoms with Crippen LogP contribution < -0.4 is 5.32 Å². The molecule has 118 valence electrons. The van der Waals surface area contributed by atoms with E-state index in [2.05, 4.69) is 24.1 Å².